The average molecular weight is 1410 g/mol. The Morgan fingerprint density at radius 2 is 0.733 bits per heavy atom. The number of carboxylic acid groups (broad SMARTS) is 1. The number of carbonyl (C=O) groups is 3. The summed E-state index contributed by atoms with van der Waals surface area (Å²) in [5, 5.41) is 12.6. The van der Waals surface area contributed by atoms with Crippen molar-refractivity contribution in [1.29, 1.82) is 0 Å². The molecule has 0 saturated carbocycles. The molecule has 3 aliphatic heterocycles. The summed E-state index contributed by atoms with van der Waals surface area (Å²) in [6.45, 7) is 26.3. The number of ether oxygens (including phenoxy) is 2. The van der Waals surface area contributed by atoms with Gasteiger partial charge in [0.1, 0.15) is 0 Å². The molecule has 3 fully saturated rings. The van der Waals surface area contributed by atoms with Crippen LogP contribution in [0.2, 0.25) is 0 Å². The summed E-state index contributed by atoms with van der Waals surface area (Å²) in [5.74, 6) is -1.73. The van der Waals surface area contributed by atoms with Crippen LogP contribution in [0, 0.1) is 6.92 Å². The molecule has 0 aliphatic carbocycles. The van der Waals surface area contributed by atoms with Crippen LogP contribution in [0.1, 0.15) is 120 Å². The number of fused-ring (bicyclic) bond motifs is 4. The number of carbonyl (C=O) groups excluding carboxylic acids is 2. The first kappa shape index (κ1) is 69.4. The molecule has 8 aromatic rings. The topological polar surface area (TPSA) is 248 Å². The van der Waals surface area contributed by atoms with E-state index in [2.05, 4.69) is 97.6 Å². The number of aromatic nitrogens is 4. The van der Waals surface area contributed by atoms with Crippen LogP contribution < -0.4 is 5.46 Å². The number of hydrogen-bond acceptors (Lipinski definition) is 18. The van der Waals surface area contributed by atoms with Crippen molar-refractivity contribution in [2.24, 2.45) is 0 Å². The average Bonchev–Trinajstić information content (AvgIpc) is 1.87. The minimum atomic E-state index is -3.79. The van der Waals surface area contributed by atoms with Crippen LogP contribution in [0.4, 0.5) is 0 Å². The Bertz CT molecular complexity index is 3810. The molecule has 0 amide bonds. The van der Waals surface area contributed by atoms with Crippen LogP contribution in [-0.2, 0) is 62.8 Å². The van der Waals surface area contributed by atoms with Crippen LogP contribution in [0.15, 0.2) is 135 Å². The van der Waals surface area contributed by atoms with Gasteiger partial charge in [-0.2, -0.15) is 0 Å². The molecule has 4 aromatic heterocycles. The molecule has 0 radical (unpaired) electrons. The van der Waals surface area contributed by atoms with E-state index >= 15 is 0 Å². The van der Waals surface area contributed by atoms with Crippen molar-refractivity contribution in [3.63, 3.8) is 0 Å². The molecular weight excluding hydrogens is 1340 g/mol. The molecule has 86 heavy (non-hydrogen) atoms. The van der Waals surface area contributed by atoms with Gasteiger partial charge in [0, 0.05) is 59.8 Å². The first-order valence-electron chi connectivity index (χ1n) is 26.8. The number of benzene rings is 4. The number of esters is 2. The molecule has 11 rings (SSSR count). The normalized spacial score (nSPS) is 17.0. The van der Waals surface area contributed by atoms with Gasteiger partial charge in [-0.05, 0) is 162 Å². The zero-order valence-electron chi connectivity index (χ0n) is 50.3. The van der Waals surface area contributed by atoms with Crippen LogP contribution >= 0.6 is 47.8 Å². The summed E-state index contributed by atoms with van der Waals surface area (Å²) in [5.41, 5.74) is 3.76. The van der Waals surface area contributed by atoms with E-state index in [4.69, 9.17) is 49.2 Å². The fourth-order valence-electron chi connectivity index (χ4n) is 8.65. The Balaban J connectivity index is 0.000000172. The van der Waals surface area contributed by atoms with Gasteiger partial charge in [-0.3, -0.25) is 19.9 Å². The standard InChI is InChI=1S/C17H20BNO4.C12H24B2O4.C11H8BrNO2.C10H6BrNO2.C10H8BrN.Cr.3O/c1-16(2)17(3,4)23-18(22-16)13-9-8-12(15(20)21-5)14-11(13)7-6-10-19-14;1-9(2)10(3,4)16-13(15-9)14-17-11(5,6)12(7,8)18-14;1-15-11(14)8-4-5-9(12)7-3-2-6-13-10(7)8;11-8-4-3-7(10(13)14)9-6(8)2-1-5-12-9;1-7-4-5-9(11)8-3-2-6-12-10(7)8;;;;/h6-10H,1-5H3;1-8H3;2-6H,1H3;1-5H,(H,13,14);2-6H,1H3;;;;. The summed E-state index contributed by atoms with van der Waals surface area (Å²) in [7, 11) is 1.27. The third kappa shape index (κ3) is 15.9. The van der Waals surface area contributed by atoms with Crippen molar-refractivity contribution in [2.45, 2.75) is 124 Å². The van der Waals surface area contributed by atoms with Crippen molar-refractivity contribution >= 4 is 136 Å². The number of hydrogen-bond donors (Lipinski definition) is 1. The van der Waals surface area contributed by atoms with E-state index in [1.165, 1.54) is 25.2 Å². The maximum absolute atomic E-state index is 11.9. The van der Waals surface area contributed by atoms with Crippen LogP contribution in [-0.4, -0.2) is 112 Å². The molecule has 0 spiro atoms. The quantitative estimate of drug-likeness (QED) is 0.124. The number of aromatic carboxylic acids is 1. The summed E-state index contributed by atoms with van der Waals surface area (Å²) in [6.07, 6.45) is 6.72. The molecule has 4 aromatic carbocycles. The molecule has 0 bridgehead atoms. The second kappa shape index (κ2) is 28.2. The van der Waals surface area contributed by atoms with E-state index < -0.39 is 58.2 Å². The number of methoxy groups -OCH3 is 2. The number of pyridine rings is 4. The van der Waals surface area contributed by atoms with Crippen molar-refractivity contribution in [2.75, 3.05) is 14.2 Å². The summed E-state index contributed by atoms with van der Waals surface area (Å²) in [4.78, 5) is 51.2. The molecule has 3 saturated heterocycles. The zero-order chi connectivity index (χ0) is 63.9. The monoisotopic (exact) mass is 1400 g/mol. The van der Waals surface area contributed by atoms with Gasteiger partial charge in [-0.25, -0.2) is 14.4 Å². The van der Waals surface area contributed by atoms with E-state index in [1.54, 1.807) is 48.9 Å². The molecule has 1 N–H and O–H groups in total. The summed E-state index contributed by atoms with van der Waals surface area (Å²) < 4.78 is 74.1. The van der Waals surface area contributed by atoms with Gasteiger partial charge in [0.15, 0.2) is 0 Å². The maximum atomic E-state index is 11.9. The third-order valence-corrected chi connectivity index (χ3v) is 17.5. The van der Waals surface area contributed by atoms with Crippen LogP contribution in [0.5, 0.6) is 0 Å². The molecule has 452 valence electrons. The van der Waals surface area contributed by atoms with Gasteiger partial charge < -0.3 is 42.5 Å². The van der Waals surface area contributed by atoms with E-state index in [0.29, 0.717) is 27.7 Å². The van der Waals surface area contributed by atoms with Gasteiger partial charge >= 0.3 is 64.4 Å². The van der Waals surface area contributed by atoms with Crippen LogP contribution in [0.3, 0.4) is 0 Å². The Morgan fingerprint density at radius 3 is 1.09 bits per heavy atom. The molecule has 0 unspecified atom stereocenters. The van der Waals surface area contributed by atoms with Crippen molar-refractivity contribution in [3.05, 3.63) is 158 Å². The first-order valence-corrected chi connectivity index (χ1v) is 30.7. The Labute approximate surface area is 529 Å². The molecule has 0 atom stereocenters. The molecular formula is C60H66B3Br3CrN4O15. The van der Waals surface area contributed by atoms with E-state index in [1.807, 2.05) is 138 Å². The zero-order valence-corrected chi connectivity index (χ0v) is 56.3. The van der Waals surface area contributed by atoms with Crippen molar-refractivity contribution < 1.29 is 82.3 Å². The van der Waals surface area contributed by atoms with Gasteiger partial charge in [0.25, 0.3) is 0 Å². The van der Waals surface area contributed by atoms with Crippen molar-refractivity contribution in [1.82, 2.24) is 19.9 Å². The fourth-order valence-corrected chi connectivity index (χ4v) is 10.0. The van der Waals surface area contributed by atoms with Gasteiger partial charge in [-0.1, -0.05) is 84.2 Å². The summed E-state index contributed by atoms with van der Waals surface area (Å²) >= 11 is 6.46. The van der Waals surface area contributed by atoms with E-state index in [0.717, 1.165) is 40.6 Å². The summed E-state index contributed by atoms with van der Waals surface area (Å²) in [6, 6.07) is 29.6. The number of nitrogens with zero attached hydrogens (tertiary/aromatic N) is 4. The predicted octanol–water partition coefficient (Wildman–Crippen LogP) is 13.0. The predicted molar refractivity (Wildman–Crippen MR) is 334 cm³/mol. The molecule has 7 heterocycles. The number of halogens is 3. The fraction of sp³-hybridized carbons (Fsp3) is 0.350. The number of aryl methyl sites for hydroxylation is 1. The Morgan fingerprint density at radius 1 is 0.442 bits per heavy atom. The third-order valence-electron chi connectivity index (χ3n) is 15.5. The molecule has 3 aliphatic rings. The van der Waals surface area contributed by atoms with Gasteiger partial charge in [0.05, 0.1) is 86.6 Å². The minimum absolute atomic E-state index is 0.226. The van der Waals surface area contributed by atoms with E-state index in [-0.39, 0.29) is 33.9 Å². The first-order chi connectivity index (χ1) is 40.1. The molecule has 19 nitrogen and oxygen atoms in total. The Hall–Kier alpha value is -5.74. The van der Waals surface area contributed by atoms with Gasteiger partial charge in [0.2, 0.25) is 0 Å². The number of rotatable bonds is 5. The second-order valence-corrected chi connectivity index (χ2v) is 25.9. The van der Waals surface area contributed by atoms with Gasteiger partial charge in [-0.15, -0.1) is 0 Å². The Kier molecular flexibility index (Phi) is 22.7. The van der Waals surface area contributed by atoms with E-state index in [9.17, 15) is 14.4 Å². The SMILES string of the molecule is CC1(C)OB(B2OC(C)(C)C(C)(C)O2)OC1(C)C.COC(=O)c1ccc(B2OC(C)(C)C(C)(C)O2)c2cccnc12.COC(=O)c1ccc(Br)c2cccnc12.Cc1ccc(Br)c2cccnc12.O=C(O)c1ccc(Br)c2cccnc12.[O]=[Cr](=[O])=[O]. The number of carboxylic acids is 1. The van der Waals surface area contributed by atoms with Crippen molar-refractivity contribution in [3.8, 4) is 0 Å². The second-order valence-electron chi connectivity index (χ2n) is 22.7. The molecule has 26 heteroatoms. The van der Waals surface area contributed by atoms with Crippen LogP contribution in [0.25, 0.3) is 43.6 Å².